The maximum atomic E-state index is 14.3. The van der Waals surface area contributed by atoms with Gasteiger partial charge >= 0.3 is 6.18 Å². The number of benzene rings is 2. The number of nitrogens with zero attached hydrogens (tertiary/aromatic N) is 2. The largest absolute Gasteiger partial charge is 0.416 e. The number of aryl methyl sites for hydroxylation is 1. The molecule has 3 nitrogen and oxygen atoms in total. The normalized spacial score (nSPS) is 12.0. The molecule has 1 aromatic heterocycles. The molecule has 28 heavy (non-hydrogen) atoms. The standard InChI is InChI=1S/C20H16BrF4N3/c1-12-9-14(13(2)28(12)19-8-5-16(21)10-18(19)22)11-26-27-17-6-3-15(4-7-17)20(23,24)25/h3-11,27H,1-2H3/b26-11+. The average molecular weight is 454 g/mol. The van der Waals surface area contributed by atoms with Crippen LogP contribution in [0.25, 0.3) is 5.69 Å². The second-order valence-electron chi connectivity index (χ2n) is 6.20. The van der Waals surface area contributed by atoms with Crippen molar-refractivity contribution in [3.05, 3.63) is 81.3 Å². The molecule has 0 aliphatic carbocycles. The number of alkyl halides is 3. The highest BCUT2D eigenvalue weighted by molar-refractivity contribution is 9.10. The van der Waals surface area contributed by atoms with Crippen molar-refractivity contribution >= 4 is 27.8 Å². The zero-order valence-electron chi connectivity index (χ0n) is 15.0. The van der Waals surface area contributed by atoms with Crippen molar-refractivity contribution in [2.24, 2.45) is 5.10 Å². The molecule has 0 unspecified atom stereocenters. The van der Waals surface area contributed by atoms with Crippen LogP contribution in [0.3, 0.4) is 0 Å². The summed E-state index contributed by atoms with van der Waals surface area (Å²) in [6.07, 6.45) is -2.82. The molecule has 0 atom stereocenters. The van der Waals surface area contributed by atoms with Crippen LogP contribution in [0.4, 0.5) is 23.2 Å². The summed E-state index contributed by atoms with van der Waals surface area (Å²) < 4.78 is 54.5. The minimum atomic E-state index is -4.37. The van der Waals surface area contributed by atoms with E-state index in [2.05, 4.69) is 26.5 Å². The Hall–Kier alpha value is -2.61. The zero-order valence-corrected chi connectivity index (χ0v) is 16.6. The van der Waals surface area contributed by atoms with Crippen LogP contribution in [0.2, 0.25) is 0 Å². The van der Waals surface area contributed by atoms with E-state index in [1.54, 1.807) is 22.9 Å². The SMILES string of the molecule is Cc1cc(/C=N/Nc2ccc(C(F)(F)F)cc2)c(C)n1-c1ccc(Br)cc1F. The number of hydrazone groups is 1. The van der Waals surface area contributed by atoms with Crippen LogP contribution in [-0.2, 0) is 6.18 Å². The number of aromatic nitrogens is 1. The van der Waals surface area contributed by atoms with Gasteiger partial charge in [-0.1, -0.05) is 15.9 Å². The molecule has 0 bridgehead atoms. The minimum absolute atomic E-state index is 0.359. The van der Waals surface area contributed by atoms with Gasteiger partial charge in [-0.3, -0.25) is 5.43 Å². The van der Waals surface area contributed by atoms with E-state index in [4.69, 9.17) is 0 Å². The topological polar surface area (TPSA) is 29.3 Å². The zero-order chi connectivity index (χ0) is 20.5. The fourth-order valence-electron chi connectivity index (χ4n) is 2.86. The molecule has 1 N–H and O–H groups in total. The Morgan fingerprint density at radius 3 is 2.32 bits per heavy atom. The van der Waals surface area contributed by atoms with Crippen LogP contribution in [0.5, 0.6) is 0 Å². The van der Waals surface area contributed by atoms with Gasteiger partial charge in [-0.05, 0) is 62.4 Å². The van der Waals surface area contributed by atoms with Crippen molar-refractivity contribution in [3.63, 3.8) is 0 Å². The summed E-state index contributed by atoms with van der Waals surface area (Å²) in [5, 5.41) is 4.08. The van der Waals surface area contributed by atoms with Crippen LogP contribution in [0, 0.1) is 19.7 Å². The summed E-state index contributed by atoms with van der Waals surface area (Å²) in [4.78, 5) is 0. The molecule has 0 spiro atoms. The van der Waals surface area contributed by atoms with E-state index in [-0.39, 0.29) is 5.82 Å². The van der Waals surface area contributed by atoms with E-state index in [0.29, 0.717) is 15.8 Å². The molecular formula is C20H16BrF4N3. The minimum Gasteiger partial charge on any atom is -0.315 e. The Kier molecular flexibility index (Phi) is 5.60. The second-order valence-corrected chi connectivity index (χ2v) is 7.12. The van der Waals surface area contributed by atoms with Crippen molar-refractivity contribution in [3.8, 4) is 5.69 Å². The molecule has 8 heteroatoms. The molecule has 0 saturated heterocycles. The number of anilines is 1. The number of halogens is 5. The van der Waals surface area contributed by atoms with Gasteiger partial charge in [0.1, 0.15) is 5.82 Å². The quantitative estimate of drug-likeness (QED) is 0.274. The summed E-state index contributed by atoms with van der Waals surface area (Å²) in [5.41, 5.74) is 5.21. The summed E-state index contributed by atoms with van der Waals surface area (Å²) in [7, 11) is 0. The Balaban J connectivity index is 1.80. The van der Waals surface area contributed by atoms with E-state index in [0.717, 1.165) is 29.1 Å². The first-order chi connectivity index (χ1) is 13.2. The van der Waals surface area contributed by atoms with Crippen LogP contribution in [0.15, 0.2) is 58.1 Å². The van der Waals surface area contributed by atoms with Crippen molar-refractivity contribution in [1.29, 1.82) is 0 Å². The summed E-state index contributed by atoms with van der Waals surface area (Å²) in [5.74, 6) is -0.359. The Labute approximate surface area is 167 Å². The van der Waals surface area contributed by atoms with Gasteiger partial charge in [-0.15, -0.1) is 0 Å². The lowest BCUT2D eigenvalue weighted by molar-refractivity contribution is -0.137. The first kappa shape index (κ1) is 20.1. The molecule has 3 aromatic rings. The Bertz CT molecular complexity index is 1020. The lowest BCUT2D eigenvalue weighted by Gasteiger charge is -2.11. The lowest BCUT2D eigenvalue weighted by Crippen LogP contribution is -2.04. The van der Waals surface area contributed by atoms with Gasteiger partial charge in [0.15, 0.2) is 0 Å². The van der Waals surface area contributed by atoms with Crippen molar-refractivity contribution in [2.45, 2.75) is 20.0 Å². The monoisotopic (exact) mass is 453 g/mol. The summed E-state index contributed by atoms with van der Waals surface area (Å²) >= 11 is 3.24. The fourth-order valence-corrected chi connectivity index (χ4v) is 3.19. The molecule has 1 heterocycles. The first-order valence-corrected chi connectivity index (χ1v) is 9.07. The molecule has 3 rings (SSSR count). The maximum Gasteiger partial charge on any atom is 0.416 e. The van der Waals surface area contributed by atoms with Crippen LogP contribution in [0.1, 0.15) is 22.5 Å². The van der Waals surface area contributed by atoms with Gasteiger partial charge in [0.2, 0.25) is 0 Å². The van der Waals surface area contributed by atoms with Crippen LogP contribution in [-0.4, -0.2) is 10.8 Å². The maximum absolute atomic E-state index is 14.3. The molecule has 0 radical (unpaired) electrons. The molecule has 0 saturated carbocycles. The number of hydrogen-bond acceptors (Lipinski definition) is 2. The third-order valence-electron chi connectivity index (χ3n) is 4.23. The number of nitrogens with one attached hydrogen (secondary N) is 1. The third kappa shape index (κ3) is 4.27. The third-order valence-corrected chi connectivity index (χ3v) is 4.72. The summed E-state index contributed by atoms with van der Waals surface area (Å²) in [6, 6.07) is 11.3. The molecule has 2 aromatic carbocycles. The van der Waals surface area contributed by atoms with Gasteiger partial charge in [0, 0.05) is 21.4 Å². The van der Waals surface area contributed by atoms with Crippen LogP contribution >= 0.6 is 15.9 Å². The fraction of sp³-hybridized carbons (Fsp3) is 0.150. The van der Waals surface area contributed by atoms with E-state index in [9.17, 15) is 17.6 Å². The van der Waals surface area contributed by atoms with E-state index in [1.165, 1.54) is 18.2 Å². The highest BCUT2D eigenvalue weighted by Crippen LogP contribution is 2.30. The van der Waals surface area contributed by atoms with Crippen molar-refractivity contribution in [1.82, 2.24) is 4.57 Å². The van der Waals surface area contributed by atoms with Gasteiger partial charge in [0.05, 0.1) is 23.2 Å². The second kappa shape index (κ2) is 7.79. The van der Waals surface area contributed by atoms with Gasteiger partial charge in [-0.25, -0.2) is 4.39 Å². The van der Waals surface area contributed by atoms with Gasteiger partial charge in [-0.2, -0.15) is 18.3 Å². The van der Waals surface area contributed by atoms with E-state index >= 15 is 0 Å². The van der Waals surface area contributed by atoms with Crippen LogP contribution < -0.4 is 5.43 Å². The van der Waals surface area contributed by atoms with Crippen molar-refractivity contribution < 1.29 is 17.6 Å². The highest BCUT2D eigenvalue weighted by atomic mass is 79.9. The molecule has 0 amide bonds. The van der Waals surface area contributed by atoms with Crippen molar-refractivity contribution in [2.75, 3.05) is 5.43 Å². The first-order valence-electron chi connectivity index (χ1n) is 8.27. The predicted molar refractivity (Wildman–Crippen MR) is 106 cm³/mol. The molecule has 0 aliphatic rings. The molecule has 0 fully saturated rings. The number of rotatable bonds is 4. The van der Waals surface area contributed by atoms with Gasteiger partial charge in [0.25, 0.3) is 0 Å². The Morgan fingerprint density at radius 2 is 1.71 bits per heavy atom. The smallest absolute Gasteiger partial charge is 0.315 e. The average Bonchev–Trinajstić information content (AvgIpc) is 2.89. The number of hydrogen-bond donors (Lipinski definition) is 1. The predicted octanol–water partition coefficient (Wildman–Crippen LogP) is 6.46. The Morgan fingerprint density at radius 1 is 1.04 bits per heavy atom. The molecule has 0 aliphatic heterocycles. The van der Waals surface area contributed by atoms with E-state index in [1.807, 2.05) is 19.9 Å². The van der Waals surface area contributed by atoms with E-state index < -0.39 is 11.7 Å². The molecular weight excluding hydrogens is 438 g/mol. The molecule has 146 valence electrons. The highest BCUT2D eigenvalue weighted by Gasteiger charge is 2.29. The summed E-state index contributed by atoms with van der Waals surface area (Å²) in [6.45, 7) is 3.70. The van der Waals surface area contributed by atoms with Gasteiger partial charge < -0.3 is 4.57 Å². The lowest BCUT2D eigenvalue weighted by atomic mass is 10.2.